The number of carbonyl (C=O) groups excluding carboxylic acids is 1. The van der Waals surface area contributed by atoms with Crippen molar-refractivity contribution in [1.82, 2.24) is 9.97 Å². The first-order valence-electron chi connectivity index (χ1n) is 5.31. The van der Waals surface area contributed by atoms with Gasteiger partial charge in [-0.05, 0) is 29.8 Å². The van der Waals surface area contributed by atoms with Gasteiger partial charge in [0.2, 0.25) is 0 Å². The summed E-state index contributed by atoms with van der Waals surface area (Å²) in [6, 6.07) is 7.54. The maximum atomic E-state index is 10.5. The van der Waals surface area contributed by atoms with Crippen molar-refractivity contribution < 1.29 is 4.79 Å². The van der Waals surface area contributed by atoms with Gasteiger partial charge in [-0.25, -0.2) is 4.98 Å². The summed E-state index contributed by atoms with van der Waals surface area (Å²) in [6.07, 6.45) is 5.91. The fourth-order valence-corrected chi connectivity index (χ4v) is 1.54. The number of aromatic nitrogens is 2. The Hall–Kier alpha value is -2.23. The molecule has 0 aliphatic heterocycles. The predicted molar refractivity (Wildman–Crippen MR) is 66.0 cm³/mol. The van der Waals surface area contributed by atoms with Crippen molar-refractivity contribution in [3.63, 3.8) is 0 Å². The van der Waals surface area contributed by atoms with E-state index >= 15 is 0 Å². The van der Waals surface area contributed by atoms with E-state index in [2.05, 4.69) is 9.97 Å². The average Bonchev–Trinajstić information content (AvgIpc) is 2.40. The van der Waals surface area contributed by atoms with Crippen LogP contribution in [0.1, 0.15) is 15.9 Å². The Morgan fingerprint density at radius 2 is 2.00 bits per heavy atom. The van der Waals surface area contributed by atoms with Crippen molar-refractivity contribution in [3.8, 4) is 0 Å². The molecular weight excluding hydrogens is 214 g/mol. The van der Waals surface area contributed by atoms with Gasteiger partial charge in [0.25, 0.3) is 0 Å². The zero-order valence-electron chi connectivity index (χ0n) is 9.58. The molecule has 0 spiro atoms. The highest BCUT2D eigenvalue weighted by Crippen LogP contribution is 2.12. The standard InChI is InChI=1S/C13H13N3O/c1-16(9-11-4-6-14-7-5-11)13-3-2-12(10-17)8-15-13/h2-8,10H,9H2,1H3. The topological polar surface area (TPSA) is 46.1 Å². The zero-order chi connectivity index (χ0) is 12.1. The fraction of sp³-hybridized carbons (Fsp3) is 0.154. The lowest BCUT2D eigenvalue weighted by Crippen LogP contribution is -2.17. The number of hydrogen-bond acceptors (Lipinski definition) is 4. The zero-order valence-corrected chi connectivity index (χ0v) is 9.58. The van der Waals surface area contributed by atoms with Gasteiger partial charge in [0.1, 0.15) is 5.82 Å². The molecule has 0 aromatic carbocycles. The summed E-state index contributed by atoms with van der Waals surface area (Å²) in [5, 5.41) is 0. The third-order valence-electron chi connectivity index (χ3n) is 2.47. The second-order valence-corrected chi connectivity index (χ2v) is 3.78. The first-order chi connectivity index (χ1) is 8.29. The monoisotopic (exact) mass is 227 g/mol. The van der Waals surface area contributed by atoms with Crippen LogP contribution in [0.4, 0.5) is 5.82 Å². The number of pyridine rings is 2. The van der Waals surface area contributed by atoms with Gasteiger partial charge in [-0.3, -0.25) is 9.78 Å². The van der Waals surface area contributed by atoms with Gasteiger partial charge in [-0.1, -0.05) is 0 Å². The van der Waals surface area contributed by atoms with Crippen LogP contribution < -0.4 is 4.90 Å². The van der Waals surface area contributed by atoms with Crippen molar-refractivity contribution in [3.05, 3.63) is 54.0 Å². The van der Waals surface area contributed by atoms with Gasteiger partial charge in [0.15, 0.2) is 6.29 Å². The van der Waals surface area contributed by atoms with Crippen LogP contribution in [0.15, 0.2) is 42.9 Å². The van der Waals surface area contributed by atoms with Crippen LogP contribution in [-0.2, 0) is 6.54 Å². The van der Waals surface area contributed by atoms with Crippen molar-refractivity contribution >= 4 is 12.1 Å². The Kier molecular flexibility index (Phi) is 3.45. The highest BCUT2D eigenvalue weighted by Gasteiger charge is 2.03. The Balaban J connectivity index is 2.09. The largest absolute Gasteiger partial charge is 0.355 e. The lowest BCUT2D eigenvalue weighted by molar-refractivity contribution is 0.112. The van der Waals surface area contributed by atoms with Gasteiger partial charge >= 0.3 is 0 Å². The molecule has 2 aromatic heterocycles. The maximum absolute atomic E-state index is 10.5. The number of carbonyl (C=O) groups is 1. The van der Waals surface area contributed by atoms with Crippen LogP contribution in [0.3, 0.4) is 0 Å². The van der Waals surface area contributed by atoms with E-state index in [1.807, 2.05) is 30.1 Å². The van der Waals surface area contributed by atoms with E-state index in [0.717, 1.165) is 18.6 Å². The third kappa shape index (κ3) is 2.87. The highest BCUT2D eigenvalue weighted by atomic mass is 16.1. The van der Waals surface area contributed by atoms with Gasteiger partial charge in [0.05, 0.1) is 0 Å². The summed E-state index contributed by atoms with van der Waals surface area (Å²) in [6.45, 7) is 0.760. The molecule has 2 aromatic rings. The average molecular weight is 227 g/mol. The van der Waals surface area contributed by atoms with Crippen molar-refractivity contribution in [1.29, 1.82) is 0 Å². The summed E-state index contributed by atoms with van der Waals surface area (Å²) < 4.78 is 0. The van der Waals surface area contributed by atoms with E-state index in [9.17, 15) is 4.79 Å². The van der Waals surface area contributed by atoms with E-state index in [0.29, 0.717) is 5.56 Å². The summed E-state index contributed by atoms with van der Waals surface area (Å²) in [4.78, 5) is 20.7. The minimum absolute atomic E-state index is 0.589. The van der Waals surface area contributed by atoms with E-state index in [1.54, 1.807) is 24.7 Å². The first kappa shape index (κ1) is 11.3. The summed E-state index contributed by atoms with van der Waals surface area (Å²) in [7, 11) is 1.96. The minimum Gasteiger partial charge on any atom is -0.355 e. The van der Waals surface area contributed by atoms with Crippen LogP contribution in [0.5, 0.6) is 0 Å². The molecule has 17 heavy (non-hydrogen) atoms. The van der Waals surface area contributed by atoms with Crippen LogP contribution in [0, 0.1) is 0 Å². The number of anilines is 1. The second-order valence-electron chi connectivity index (χ2n) is 3.78. The van der Waals surface area contributed by atoms with E-state index in [4.69, 9.17) is 0 Å². The maximum Gasteiger partial charge on any atom is 0.151 e. The Morgan fingerprint density at radius 1 is 1.24 bits per heavy atom. The molecule has 4 heteroatoms. The molecule has 0 aliphatic rings. The molecule has 0 unspecified atom stereocenters. The molecule has 0 amide bonds. The molecule has 0 radical (unpaired) electrons. The summed E-state index contributed by atoms with van der Waals surface area (Å²) in [5.74, 6) is 0.840. The molecule has 2 rings (SSSR count). The number of rotatable bonds is 4. The first-order valence-corrected chi connectivity index (χ1v) is 5.31. The second kappa shape index (κ2) is 5.21. The number of aldehydes is 1. The lowest BCUT2D eigenvalue weighted by atomic mass is 10.2. The molecule has 0 bridgehead atoms. The smallest absolute Gasteiger partial charge is 0.151 e. The van der Waals surface area contributed by atoms with Gasteiger partial charge in [-0.15, -0.1) is 0 Å². The van der Waals surface area contributed by atoms with Gasteiger partial charge < -0.3 is 4.90 Å². The van der Waals surface area contributed by atoms with Crippen LogP contribution >= 0.6 is 0 Å². The van der Waals surface area contributed by atoms with E-state index in [1.165, 1.54) is 5.56 Å². The molecule has 0 N–H and O–H groups in total. The Morgan fingerprint density at radius 3 is 2.59 bits per heavy atom. The molecule has 4 nitrogen and oxygen atoms in total. The van der Waals surface area contributed by atoms with Crippen molar-refractivity contribution in [2.75, 3.05) is 11.9 Å². The quantitative estimate of drug-likeness (QED) is 0.749. The molecule has 86 valence electrons. The van der Waals surface area contributed by atoms with Crippen molar-refractivity contribution in [2.45, 2.75) is 6.54 Å². The van der Waals surface area contributed by atoms with Crippen molar-refractivity contribution in [2.24, 2.45) is 0 Å². The van der Waals surface area contributed by atoms with Crippen LogP contribution in [0.2, 0.25) is 0 Å². The molecular formula is C13H13N3O. The Bertz CT molecular complexity index is 482. The molecule has 0 fully saturated rings. The fourth-order valence-electron chi connectivity index (χ4n) is 1.54. The molecule has 0 atom stereocenters. The number of hydrogen-bond donors (Lipinski definition) is 0. The molecule has 0 saturated carbocycles. The Labute approximate surface area is 99.9 Å². The minimum atomic E-state index is 0.589. The van der Waals surface area contributed by atoms with E-state index in [-0.39, 0.29) is 0 Å². The van der Waals surface area contributed by atoms with Crippen LogP contribution in [0.25, 0.3) is 0 Å². The van der Waals surface area contributed by atoms with Crippen LogP contribution in [-0.4, -0.2) is 23.3 Å². The summed E-state index contributed by atoms with van der Waals surface area (Å²) >= 11 is 0. The highest BCUT2D eigenvalue weighted by molar-refractivity contribution is 5.74. The van der Waals surface area contributed by atoms with E-state index < -0.39 is 0 Å². The molecule has 0 saturated heterocycles. The lowest BCUT2D eigenvalue weighted by Gasteiger charge is -2.17. The molecule has 0 aliphatic carbocycles. The SMILES string of the molecule is CN(Cc1ccncc1)c1ccc(C=O)cn1. The predicted octanol–water partition coefficient (Wildman–Crippen LogP) is 1.93. The normalized spacial score (nSPS) is 9.94. The van der Waals surface area contributed by atoms with Gasteiger partial charge in [-0.2, -0.15) is 0 Å². The molecule has 2 heterocycles. The van der Waals surface area contributed by atoms with Gasteiger partial charge in [0, 0.05) is 37.7 Å². The summed E-state index contributed by atoms with van der Waals surface area (Å²) in [5.41, 5.74) is 1.76. The number of nitrogens with zero attached hydrogens (tertiary/aromatic N) is 3. The third-order valence-corrected chi connectivity index (χ3v) is 2.47.